The van der Waals surface area contributed by atoms with Gasteiger partial charge in [0.25, 0.3) is 0 Å². The second kappa shape index (κ2) is 4.10. The van der Waals surface area contributed by atoms with E-state index in [1.807, 2.05) is 30.3 Å². The van der Waals surface area contributed by atoms with Gasteiger partial charge < -0.3 is 9.84 Å². The quantitative estimate of drug-likeness (QED) is 0.857. The molecule has 16 heavy (non-hydrogen) atoms. The molecule has 1 aromatic carbocycles. The third-order valence-electron chi connectivity index (χ3n) is 2.30. The predicted octanol–water partition coefficient (Wildman–Crippen LogP) is 2.18. The fourth-order valence-corrected chi connectivity index (χ4v) is 1.58. The number of aromatic carboxylic acids is 1. The minimum atomic E-state index is -0.994. The van der Waals surface area contributed by atoms with Crippen molar-refractivity contribution in [3.63, 3.8) is 0 Å². The van der Waals surface area contributed by atoms with E-state index in [-0.39, 0.29) is 5.56 Å². The Bertz CT molecular complexity index is 502. The summed E-state index contributed by atoms with van der Waals surface area (Å²) in [5, 5.41) is 8.96. The molecule has 0 saturated carbocycles. The largest absolute Gasteiger partial charge is 0.481 e. The molecule has 0 unspecified atom stereocenters. The van der Waals surface area contributed by atoms with Crippen LogP contribution in [0.2, 0.25) is 0 Å². The van der Waals surface area contributed by atoms with Gasteiger partial charge in [0.1, 0.15) is 5.56 Å². The van der Waals surface area contributed by atoms with Crippen LogP contribution in [0.15, 0.2) is 42.6 Å². The molecule has 0 spiro atoms. The number of benzene rings is 1. The molecule has 0 aliphatic carbocycles. The number of hydrogen-bond acceptors (Lipinski definition) is 2. The summed E-state index contributed by atoms with van der Waals surface area (Å²) in [4.78, 5) is 10.9. The number of aromatic nitrogens is 1. The van der Waals surface area contributed by atoms with Crippen molar-refractivity contribution in [2.75, 3.05) is 7.11 Å². The predicted molar refractivity (Wildman–Crippen MR) is 59.3 cm³/mol. The number of hydrogen-bond donors (Lipinski definition) is 1. The number of carboxylic acid groups (broad SMARTS) is 1. The van der Waals surface area contributed by atoms with Gasteiger partial charge in [-0.1, -0.05) is 18.2 Å². The molecule has 0 aliphatic rings. The van der Waals surface area contributed by atoms with Crippen molar-refractivity contribution >= 4 is 5.97 Å². The second-order valence-electron chi connectivity index (χ2n) is 3.25. The lowest BCUT2D eigenvalue weighted by molar-refractivity contribution is 0.0693. The van der Waals surface area contributed by atoms with Crippen LogP contribution < -0.4 is 4.74 Å². The highest BCUT2D eigenvalue weighted by Crippen LogP contribution is 2.24. The Labute approximate surface area is 92.7 Å². The molecule has 0 amide bonds. The molecule has 0 radical (unpaired) electrons. The Morgan fingerprint density at radius 3 is 2.50 bits per heavy atom. The number of carbonyl (C=O) groups is 1. The van der Waals surface area contributed by atoms with Crippen molar-refractivity contribution < 1.29 is 14.6 Å². The highest BCUT2D eigenvalue weighted by Gasteiger charge is 2.16. The van der Waals surface area contributed by atoms with Crippen LogP contribution in [0.1, 0.15) is 10.4 Å². The van der Waals surface area contributed by atoms with Crippen LogP contribution in [-0.4, -0.2) is 22.8 Å². The van der Waals surface area contributed by atoms with Gasteiger partial charge in [-0.25, -0.2) is 4.79 Å². The Kier molecular flexibility index (Phi) is 2.64. The molecule has 0 aliphatic heterocycles. The highest BCUT2D eigenvalue weighted by molar-refractivity contribution is 5.90. The van der Waals surface area contributed by atoms with Gasteiger partial charge in [0.15, 0.2) is 0 Å². The SMILES string of the molecule is COc1c(C(=O)O)ccn1-c1ccccc1. The van der Waals surface area contributed by atoms with Crippen molar-refractivity contribution in [2.45, 2.75) is 0 Å². The van der Waals surface area contributed by atoms with Crippen LogP contribution in [0.5, 0.6) is 5.88 Å². The fourth-order valence-electron chi connectivity index (χ4n) is 1.58. The van der Waals surface area contributed by atoms with E-state index in [9.17, 15) is 4.79 Å². The van der Waals surface area contributed by atoms with Crippen molar-refractivity contribution in [1.29, 1.82) is 0 Å². The number of ether oxygens (including phenoxy) is 1. The number of rotatable bonds is 3. The fraction of sp³-hybridized carbons (Fsp3) is 0.0833. The first kappa shape index (κ1) is 10.3. The topological polar surface area (TPSA) is 51.5 Å². The Morgan fingerprint density at radius 1 is 1.25 bits per heavy atom. The van der Waals surface area contributed by atoms with E-state index in [0.717, 1.165) is 5.69 Å². The molecule has 0 fully saturated rings. The number of carboxylic acids is 1. The zero-order valence-corrected chi connectivity index (χ0v) is 8.75. The lowest BCUT2D eigenvalue weighted by Crippen LogP contribution is -2.02. The summed E-state index contributed by atoms with van der Waals surface area (Å²) in [6.45, 7) is 0. The van der Waals surface area contributed by atoms with Gasteiger partial charge in [0, 0.05) is 11.9 Å². The van der Waals surface area contributed by atoms with Gasteiger partial charge in [-0.05, 0) is 18.2 Å². The summed E-state index contributed by atoms with van der Waals surface area (Å²) in [6, 6.07) is 11.0. The standard InChI is InChI=1S/C12H11NO3/c1-16-11-10(12(14)15)7-8-13(11)9-5-3-2-4-6-9/h2-8H,1H3,(H,14,15). The molecule has 4 heteroatoms. The van der Waals surface area contributed by atoms with E-state index in [2.05, 4.69) is 0 Å². The van der Waals surface area contributed by atoms with Crippen LogP contribution in [0.25, 0.3) is 5.69 Å². The first-order valence-corrected chi connectivity index (χ1v) is 4.78. The first-order valence-electron chi connectivity index (χ1n) is 4.78. The molecule has 2 rings (SSSR count). The van der Waals surface area contributed by atoms with E-state index in [0.29, 0.717) is 5.88 Å². The first-order chi connectivity index (χ1) is 7.74. The lowest BCUT2D eigenvalue weighted by atomic mass is 10.3. The molecule has 0 saturated heterocycles. The maximum atomic E-state index is 10.9. The maximum absolute atomic E-state index is 10.9. The molecular weight excluding hydrogens is 206 g/mol. The summed E-state index contributed by atoms with van der Waals surface area (Å²) in [7, 11) is 1.46. The van der Waals surface area contributed by atoms with Crippen LogP contribution in [0.3, 0.4) is 0 Å². The Balaban J connectivity index is 2.54. The average Bonchev–Trinajstić information content (AvgIpc) is 2.73. The smallest absolute Gasteiger partial charge is 0.341 e. The zero-order valence-electron chi connectivity index (χ0n) is 8.75. The third-order valence-corrected chi connectivity index (χ3v) is 2.30. The van der Waals surface area contributed by atoms with Crippen LogP contribution in [0, 0.1) is 0 Å². The lowest BCUT2D eigenvalue weighted by Gasteiger charge is -2.08. The summed E-state index contributed by atoms with van der Waals surface area (Å²) in [5.74, 6) is -0.662. The Morgan fingerprint density at radius 2 is 1.94 bits per heavy atom. The molecule has 0 atom stereocenters. The van der Waals surface area contributed by atoms with Crippen molar-refractivity contribution in [3.8, 4) is 11.6 Å². The van der Waals surface area contributed by atoms with Crippen molar-refractivity contribution in [2.24, 2.45) is 0 Å². The van der Waals surface area contributed by atoms with Gasteiger partial charge in [0.2, 0.25) is 5.88 Å². The van der Waals surface area contributed by atoms with E-state index in [4.69, 9.17) is 9.84 Å². The van der Waals surface area contributed by atoms with Gasteiger partial charge in [-0.3, -0.25) is 4.57 Å². The van der Waals surface area contributed by atoms with Gasteiger partial charge in [0.05, 0.1) is 7.11 Å². The summed E-state index contributed by atoms with van der Waals surface area (Å²) in [5.41, 5.74) is 1.03. The summed E-state index contributed by atoms with van der Waals surface area (Å²) < 4.78 is 6.81. The zero-order chi connectivity index (χ0) is 11.5. The highest BCUT2D eigenvalue weighted by atomic mass is 16.5. The van der Waals surface area contributed by atoms with E-state index >= 15 is 0 Å². The van der Waals surface area contributed by atoms with E-state index < -0.39 is 5.97 Å². The second-order valence-corrected chi connectivity index (χ2v) is 3.25. The molecule has 1 N–H and O–H groups in total. The Hall–Kier alpha value is -2.23. The van der Waals surface area contributed by atoms with Gasteiger partial charge in [-0.2, -0.15) is 0 Å². The maximum Gasteiger partial charge on any atom is 0.341 e. The van der Waals surface area contributed by atoms with Crippen molar-refractivity contribution in [3.05, 3.63) is 48.2 Å². The molecule has 82 valence electrons. The normalized spacial score (nSPS) is 10.1. The molecule has 0 bridgehead atoms. The van der Waals surface area contributed by atoms with Crippen molar-refractivity contribution in [1.82, 2.24) is 4.57 Å². The molecule has 4 nitrogen and oxygen atoms in total. The van der Waals surface area contributed by atoms with Gasteiger partial charge in [-0.15, -0.1) is 0 Å². The third kappa shape index (κ3) is 1.65. The minimum absolute atomic E-state index is 0.159. The monoisotopic (exact) mass is 217 g/mol. The minimum Gasteiger partial charge on any atom is -0.481 e. The van der Waals surface area contributed by atoms with E-state index in [1.165, 1.54) is 13.2 Å². The number of para-hydroxylation sites is 1. The van der Waals surface area contributed by atoms with Crippen LogP contribution in [-0.2, 0) is 0 Å². The number of nitrogens with zero attached hydrogens (tertiary/aromatic N) is 1. The van der Waals surface area contributed by atoms with Gasteiger partial charge >= 0.3 is 5.97 Å². The molecule has 2 aromatic rings. The van der Waals surface area contributed by atoms with E-state index in [1.54, 1.807) is 10.8 Å². The summed E-state index contributed by atoms with van der Waals surface area (Å²) >= 11 is 0. The van der Waals surface area contributed by atoms with Crippen LogP contribution >= 0.6 is 0 Å². The average molecular weight is 217 g/mol. The van der Waals surface area contributed by atoms with Crippen LogP contribution in [0.4, 0.5) is 0 Å². The molecule has 1 heterocycles. The molecular formula is C12H11NO3. The molecule has 1 aromatic heterocycles. The summed E-state index contributed by atoms with van der Waals surface area (Å²) in [6.07, 6.45) is 1.68. The number of methoxy groups -OCH3 is 1.